The number of rotatable bonds is 3. The second-order valence-corrected chi connectivity index (χ2v) is 3.51. The Morgan fingerprint density at radius 2 is 2.64 bits per heavy atom. The Balaban J connectivity index is 2.17. The molecule has 1 aliphatic heterocycles. The molecule has 14 heavy (non-hydrogen) atoms. The zero-order valence-electron chi connectivity index (χ0n) is 8.27. The first kappa shape index (κ1) is 9.40. The Hall–Kier alpha value is -1.16. The summed E-state index contributed by atoms with van der Waals surface area (Å²) in [5, 5.41) is 0. The van der Waals surface area contributed by atoms with E-state index in [1.807, 2.05) is 0 Å². The van der Waals surface area contributed by atoms with Crippen LogP contribution in [0.4, 0.5) is 0 Å². The van der Waals surface area contributed by atoms with E-state index in [1.165, 1.54) is 12.6 Å². The Kier molecular flexibility index (Phi) is 2.63. The van der Waals surface area contributed by atoms with Gasteiger partial charge in [-0.3, -0.25) is 9.69 Å². The Labute approximate surface area is 82.9 Å². The van der Waals surface area contributed by atoms with Crippen LogP contribution in [0, 0.1) is 0 Å². The van der Waals surface area contributed by atoms with Crippen molar-refractivity contribution in [2.24, 2.45) is 0 Å². The monoisotopic (exact) mass is 194 g/mol. The van der Waals surface area contributed by atoms with Crippen molar-refractivity contribution < 1.29 is 9.21 Å². The Morgan fingerprint density at radius 3 is 3.29 bits per heavy atom. The Bertz CT molecular complexity index is 322. The van der Waals surface area contributed by atoms with Crippen LogP contribution < -0.4 is 0 Å². The Morgan fingerprint density at radius 1 is 1.79 bits per heavy atom. The van der Waals surface area contributed by atoms with Crippen LogP contribution in [0.5, 0.6) is 0 Å². The van der Waals surface area contributed by atoms with Gasteiger partial charge < -0.3 is 4.42 Å². The normalized spacial score (nSPS) is 22.8. The van der Waals surface area contributed by atoms with Crippen LogP contribution in [0.2, 0.25) is 0 Å². The SMILES string of the molecule is CCN1CCCC1c1ncc(C=O)o1. The van der Waals surface area contributed by atoms with Crippen molar-refractivity contribution in [3.63, 3.8) is 0 Å². The zero-order chi connectivity index (χ0) is 9.97. The van der Waals surface area contributed by atoms with E-state index < -0.39 is 0 Å². The van der Waals surface area contributed by atoms with Crippen molar-refractivity contribution in [2.75, 3.05) is 13.1 Å². The highest BCUT2D eigenvalue weighted by atomic mass is 16.4. The van der Waals surface area contributed by atoms with E-state index in [1.54, 1.807) is 0 Å². The highest BCUT2D eigenvalue weighted by molar-refractivity contribution is 5.69. The maximum Gasteiger partial charge on any atom is 0.212 e. The molecular formula is C10H14N2O2. The summed E-state index contributed by atoms with van der Waals surface area (Å²) in [6.07, 6.45) is 4.44. The quantitative estimate of drug-likeness (QED) is 0.686. The molecule has 0 saturated carbocycles. The summed E-state index contributed by atoms with van der Waals surface area (Å²) >= 11 is 0. The number of carbonyl (C=O) groups excluding carboxylic acids is 1. The molecule has 4 nitrogen and oxygen atoms in total. The molecule has 0 bridgehead atoms. The number of aromatic nitrogens is 1. The van der Waals surface area contributed by atoms with Gasteiger partial charge in [-0.05, 0) is 25.9 Å². The molecule has 1 aromatic heterocycles. The lowest BCUT2D eigenvalue weighted by Crippen LogP contribution is -2.22. The van der Waals surface area contributed by atoms with Crippen LogP contribution in [0.25, 0.3) is 0 Å². The molecule has 0 aromatic carbocycles. The molecule has 1 unspecified atom stereocenters. The molecule has 1 saturated heterocycles. The average molecular weight is 194 g/mol. The van der Waals surface area contributed by atoms with Gasteiger partial charge in [-0.1, -0.05) is 6.92 Å². The molecule has 1 aromatic rings. The highest BCUT2D eigenvalue weighted by Gasteiger charge is 2.28. The minimum Gasteiger partial charge on any atom is -0.436 e. The summed E-state index contributed by atoms with van der Waals surface area (Å²) in [4.78, 5) is 16.9. The van der Waals surface area contributed by atoms with Gasteiger partial charge in [0.2, 0.25) is 5.89 Å². The van der Waals surface area contributed by atoms with E-state index in [9.17, 15) is 4.79 Å². The number of hydrogen-bond donors (Lipinski definition) is 0. The van der Waals surface area contributed by atoms with Crippen LogP contribution in [0.3, 0.4) is 0 Å². The molecule has 1 atom stereocenters. The maximum atomic E-state index is 10.4. The van der Waals surface area contributed by atoms with Crippen molar-refractivity contribution in [3.05, 3.63) is 17.8 Å². The molecule has 2 heterocycles. The molecular weight excluding hydrogens is 180 g/mol. The molecule has 0 radical (unpaired) electrons. The van der Waals surface area contributed by atoms with E-state index >= 15 is 0 Å². The van der Waals surface area contributed by atoms with Crippen molar-refractivity contribution in [1.82, 2.24) is 9.88 Å². The third-order valence-corrected chi connectivity index (χ3v) is 2.71. The van der Waals surface area contributed by atoms with Gasteiger partial charge >= 0.3 is 0 Å². The van der Waals surface area contributed by atoms with Gasteiger partial charge in [-0.2, -0.15) is 0 Å². The summed E-state index contributed by atoms with van der Waals surface area (Å²) in [6.45, 7) is 4.23. The lowest BCUT2D eigenvalue weighted by atomic mass is 10.2. The molecule has 1 aliphatic rings. The summed E-state index contributed by atoms with van der Waals surface area (Å²) < 4.78 is 5.33. The lowest BCUT2D eigenvalue weighted by Gasteiger charge is -2.19. The first-order chi connectivity index (χ1) is 6.85. The van der Waals surface area contributed by atoms with Gasteiger partial charge in [0.05, 0.1) is 12.2 Å². The largest absolute Gasteiger partial charge is 0.436 e. The summed E-state index contributed by atoms with van der Waals surface area (Å²) in [6, 6.07) is 0.272. The third-order valence-electron chi connectivity index (χ3n) is 2.71. The molecule has 0 N–H and O–H groups in total. The molecule has 4 heteroatoms. The smallest absolute Gasteiger partial charge is 0.212 e. The standard InChI is InChI=1S/C10H14N2O2/c1-2-12-5-3-4-9(12)10-11-6-8(7-13)14-10/h6-7,9H,2-5H2,1H3. The van der Waals surface area contributed by atoms with Crippen LogP contribution in [-0.4, -0.2) is 29.3 Å². The van der Waals surface area contributed by atoms with Crippen LogP contribution in [-0.2, 0) is 0 Å². The van der Waals surface area contributed by atoms with Gasteiger partial charge in [-0.25, -0.2) is 4.98 Å². The first-order valence-electron chi connectivity index (χ1n) is 5.00. The van der Waals surface area contributed by atoms with Gasteiger partial charge in [0.15, 0.2) is 12.0 Å². The summed E-state index contributed by atoms with van der Waals surface area (Å²) in [5.41, 5.74) is 0. The zero-order valence-corrected chi connectivity index (χ0v) is 8.27. The molecule has 0 spiro atoms. The number of carbonyl (C=O) groups is 1. The molecule has 0 aliphatic carbocycles. The highest BCUT2D eigenvalue weighted by Crippen LogP contribution is 2.30. The van der Waals surface area contributed by atoms with Gasteiger partial charge in [-0.15, -0.1) is 0 Å². The minimum absolute atomic E-state index is 0.272. The molecule has 1 fully saturated rings. The number of oxazole rings is 1. The molecule has 0 amide bonds. The fraction of sp³-hybridized carbons (Fsp3) is 0.600. The number of hydrogen-bond acceptors (Lipinski definition) is 4. The van der Waals surface area contributed by atoms with E-state index in [2.05, 4.69) is 16.8 Å². The second kappa shape index (κ2) is 3.92. The van der Waals surface area contributed by atoms with Crippen molar-refractivity contribution in [1.29, 1.82) is 0 Å². The fourth-order valence-electron chi connectivity index (χ4n) is 1.99. The van der Waals surface area contributed by atoms with Crippen molar-refractivity contribution >= 4 is 6.29 Å². The van der Waals surface area contributed by atoms with Crippen molar-refractivity contribution in [2.45, 2.75) is 25.8 Å². The summed E-state index contributed by atoms with van der Waals surface area (Å²) in [5.74, 6) is 1.01. The summed E-state index contributed by atoms with van der Waals surface area (Å²) in [7, 11) is 0. The maximum absolute atomic E-state index is 10.4. The topological polar surface area (TPSA) is 46.3 Å². The lowest BCUT2D eigenvalue weighted by molar-refractivity contribution is 0.109. The van der Waals surface area contributed by atoms with Gasteiger partial charge in [0, 0.05) is 0 Å². The molecule has 76 valence electrons. The predicted molar refractivity (Wildman–Crippen MR) is 51.1 cm³/mol. The fourth-order valence-corrected chi connectivity index (χ4v) is 1.99. The number of aldehydes is 1. The second-order valence-electron chi connectivity index (χ2n) is 3.51. The van der Waals surface area contributed by atoms with E-state index in [4.69, 9.17) is 4.42 Å². The first-order valence-corrected chi connectivity index (χ1v) is 5.00. The number of likely N-dealkylation sites (tertiary alicyclic amines) is 1. The van der Waals surface area contributed by atoms with Crippen LogP contribution in [0.1, 0.15) is 42.3 Å². The minimum atomic E-state index is 0.272. The van der Waals surface area contributed by atoms with Crippen LogP contribution >= 0.6 is 0 Å². The van der Waals surface area contributed by atoms with Gasteiger partial charge in [0.1, 0.15) is 0 Å². The van der Waals surface area contributed by atoms with Gasteiger partial charge in [0.25, 0.3) is 0 Å². The van der Waals surface area contributed by atoms with Crippen LogP contribution in [0.15, 0.2) is 10.6 Å². The number of nitrogens with zero attached hydrogens (tertiary/aromatic N) is 2. The van der Waals surface area contributed by atoms with E-state index in [0.717, 1.165) is 19.5 Å². The van der Waals surface area contributed by atoms with Crippen molar-refractivity contribution in [3.8, 4) is 0 Å². The molecule has 2 rings (SSSR count). The van der Waals surface area contributed by atoms with E-state index in [-0.39, 0.29) is 6.04 Å². The predicted octanol–water partition coefficient (Wildman–Crippen LogP) is 1.64. The third kappa shape index (κ3) is 1.57. The van der Waals surface area contributed by atoms with E-state index in [0.29, 0.717) is 17.9 Å². The average Bonchev–Trinajstić information content (AvgIpc) is 2.85.